The third kappa shape index (κ3) is 13.5. The summed E-state index contributed by atoms with van der Waals surface area (Å²) in [5, 5.41) is 9.42. The first-order chi connectivity index (χ1) is 27.5. The van der Waals surface area contributed by atoms with Gasteiger partial charge in [-0.3, -0.25) is 4.79 Å². The van der Waals surface area contributed by atoms with Crippen LogP contribution in [-0.2, 0) is 27.2 Å². The summed E-state index contributed by atoms with van der Waals surface area (Å²) in [5.74, 6) is 1.29. The van der Waals surface area contributed by atoms with Gasteiger partial charge in [0.15, 0.2) is 0 Å². The lowest BCUT2D eigenvalue weighted by molar-refractivity contribution is -0.275. The average molecular weight is 845 g/mol. The van der Waals surface area contributed by atoms with E-state index in [2.05, 4.69) is 9.47 Å². The first-order valence-electron chi connectivity index (χ1n) is 17.7. The van der Waals surface area contributed by atoms with E-state index in [4.69, 9.17) is 16.0 Å². The molecule has 0 saturated heterocycles. The van der Waals surface area contributed by atoms with Crippen LogP contribution in [0.25, 0.3) is 39.0 Å². The minimum absolute atomic E-state index is 0.102. The van der Waals surface area contributed by atoms with E-state index in [1.54, 1.807) is 38.8 Å². The highest BCUT2D eigenvalue weighted by Crippen LogP contribution is 2.37. The zero-order valence-electron chi connectivity index (χ0n) is 32.9. The zero-order chi connectivity index (χ0) is 44.4. The molecule has 0 aliphatic carbocycles. The molecular formula is C44H39ClF6O8. The van der Waals surface area contributed by atoms with Crippen LogP contribution in [0.5, 0.6) is 17.2 Å². The molecule has 0 aliphatic heterocycles. The predicted molar refractivity (Wildman–Crippen MR) is 212 cm³/mol. The van der Waals surface area contributed by atoms with Gasteiger partial charge in [0.1, 0.15) is 45.9 Å². The molecule has 0 aliphatic rings. The van der Waals surface area contributed by atoms with Gasteiger partial charge in [-0.2, -0.15) is 0 Å². The molecule has 1 heterocycles. The summed E-state index contributed by atoms with van der Waals surface area (Å²) < 4.78 is 86.6. The molecule has 0 atom stereocenters. The van der Waals surface area contributed by atoms with E-state index in [0.29, 0.717) is 52.0 Å². The summed E-state index contributed by atoms with van der Waals surface area (Å²) >= 11 is 5.46. The maximum Gasteiger partial charge on any atom is 0.573 e. The summed E-state index contributed by atoms with van der Waals surface area (Å²) in [7, 11) is 0. The molecular weight excluding hydrogens is 806 g/mol. The van der Waals surface area contributed by atoms with Crippen molar-refractivity contribution in [2.45, 2.75) is 74.0 Å². The van der Waals surface area contributed by atoms with E-state index in [9.17, 15) is 50.6 Å². The second-order valence-corrected chi connectivity index (χ2v) is 13.4. The fourth-order valence-electron chi connectivity index (χ4n) is 6.04. The van der Waals surface area contributed by atoms with E-state index in [-0.39, 0.29) is 34.2 Å². The Morgan fingerprint density at radius 2 is 1.12 bits per heavy atom. The number of carbonyl (C=O) groups is 2. The van der Waals surface area contributed by atoms with E-state index in [0.717, 1.165) is 22.3 Å². The Bertz CT molecular complexity index is 2410. The van der Waals surface area contributed by atoms with Gasteiger partial charge in [0.25, 0.3) is 5.24 Å². The van der Waals surface area contributed by atoms with Gasteiger partial charge in [-0.25, -0.2) is 9.59 Å². The number of aryl methyl sites for hydroxylation is 5. The number of rotatable bonds is 9. The summed E-state index contributed by atoms with van der Waals surface area (Å²) in [6, 6.07) is 19.5. The van der Waals surface area contributed by atoms with Crippen LogP contribution in [0.1, 0.15) is 61.3 Å². The molecule has 0 fully saturated rings. The summed E-state index contributed by atoms with van der Waals surface area (Å²) in [4.78, 5) is 44.4. The number of alkyl halides is 6. The molecule has 0 unspecified atom stereocenters. The van der Waals surface area contributed by atoms with Gasteiger partial charge in [0.2, 0.25) is 0 Å². The zero-order valence-corrected chi connectivity index (χ0v) is 33.6. The van der Waals surface area contributed by atoms with Crippen molar-refractivity contribution in [3.05, 3.63) is 123 Å². The molecule has 4 aromatic carbocycles. The van der Waals surface area contributed by atoms with E-state index in [1.165, 1.54) is 68.4 Å². The van der Waals surface area contributed by atoms with Crippen LogP contribution in [0.3, 0.4) is 0 Å². The van der Waals surface area contributed by atoms with Crippen LogP contribution in [0.15, 0.2) is 88.1 Å². The van der Waals surface area contributed by atoms with E-state index >= 15 is 0 Å². The molecule has 0 saturated carbocycles. The van der Waals surface area contributed by atoms with Crippen molar-refractivity contribution in [3.63, 3.8) is 0 Å². The van der Waals surface area contributed by atoms with Crippen LogP contribution in [0.4, 0.5) is 26.3 Å². The van der Waals surface area contributed by atoms with Gasteiger partial charge < -0.3 is 23.8 Å². The molecule has 8 nitrogen and oxygen atoms in total. The highest BCUT2D eigenvalue weighted by atomic mass is 35.5. The van der Waals surface area contributed by atoms with Crippen molar-refractivity contribution in [2.75, 3.05) is 0 Å². The Morgan fingerprint density at radius 3 is 1.49 bits per heavy atom. The summed E-state index contributed by atoms with van der Waals surface area (Å²) in [6.07, 6.45) is -8.40. The summed E-state index contributed by atoms with van der Waals surface area (Å²) in [5.41, 5.74) is 6.04. The minimum Gasteiger partial charge on any atom is -0.507 e. The number of carbonyl (C=O) groups excluding carboxylic acids is 3. The lowest BCUT2D eigenvalue weighted by Gasteiger charge is -2.15. The highest BCUT2D eigenvalue weighted by molar-refractivity contribution is 6.75. The smallest absolute Gasteiger partial charge is 0.507 e. The fourth-order valence-corrected chi connectivity index (χ4v) is 6.17. The molecule has 1 N–H and O–H groups in total. The largest absolute Gasteiger partial charge is 0.573 e. The maximum atomic E-state index is 12.4. The first-order valence-corrected chi connectivity index (χ1v) is 18.1. The average Bonchev–Trinajstić information content (AvgIpc) is 3.11. The highest BCUT2D eigenvalue weighted by Gasteiger charge is 2.32. The molecule has 312 valence electrons. The van der Waals surface area contributed by atoms with Crippen LogP contribution < -0.4 is 15.1 Å². The molecule has 5 aromatic rings. The molecule has 15 heteroatoms. The SMILES string of the molecule is CC(C)=O.CCc1cc(-c2ccc(OC(F)(F)F)cc2)cc(C)c1-c1c(O)cc(C)oc1=O.CCc1cc(-c2ccc(OC(F)(F)F)cc2)cc(C)c1C(=C=O)C(=O)Cl. The predicted octanol–water partition coefficient (Wildman–Crippen LogP) is 11.5. The number of hydrogen-bond acceptors (Lipinski definition) is 8. The number of allylic oxidation sites excluding steroid dienone is 1. The quantitative estimate of drug-likeness (QED) is 0.0674. The topological polar surface area (TPSA) is 120 Å². The van der Waals surface area contributed by atoms with Crippen molar-refractivity contribution in [2.24, 2.45) is 0 Å². The van der Waals surface area contributed by atoms with Gasteiger partial charge in [-0.05, 0) is 133 Å². The standard InChI is InChI=1S/C22H19F3O4.C19H14ClF3O3.C3H6O/c1-4-14-11-16(15-5-7-17(8-6-15)29-22(23,24)25)9-12(2)19(14)20-18(26)10-13(3)28-21(20)27;1-3-12-9-14(8-11(2)17(12)16(10-24)18(20)25)13-4-6-15(7-5-13)26-19(21,22)23;1-3(2)4/h5-11,26H,4H2,1-3H3;4-9H,3H2,1-2H3;1-2H3. The lowest BCUT2D eigenvalue weighted by atomic mass is 9.90. The first kappa shape index (κ1) is 47.3. The second-order valence-electron chi connectivity index (χ2n) is 13.1. The Kier molecular flexibility index (Phi) is 16.1. The third-order valence-electron chi connectivity index (χ3n) is 8.29. The molecule has 5 rings (SSSR count). The molecule has 0 amide bonds. The number of ketones is 1. The number of halogens is 7. The maximum absolute atomic E-state index is 12.4. The normalized spacial score (nSPS) is 10.9. The fraction of sp³-hybridized carbons (Fsp3) is 0.250. The lowest BCUT2D eigenvalue weighted by Crippen LogP contribution is -2.16. The van der Waals surface area contributed by atoms with E-state index in [1.807, 2.05) is 26.0 Å². The Balaban J connectivity index is 0.000000291. The molecule has 1 aromatic heterocycles. The number of Topliss-reactive ketones (excluding diaryl/α,β-unsaturated/α-hetero) is 1. The molecule has 0 spiro atoms. The number of ether oxygens (including phenoxy) is 2. The van der Waals surface area contributed by atoms with E-state index < -0.39 is 23.6 Å². The van der Waals surface area contributed by atoms with Crippen LogP contribution >= 0.6 is 11.6 Å². The Morgan fingerprint density at radius 1 is 0.695 bits per heavy atom. The van der Waals surface area contributed by atoms with Crippen LogP contribution in [0.2, 0.25) is 0 Å². The van der Waals surface area contributed by atoms with Crippen molar-refractivity contribution in [1.82, 2.24) is 0 Å². The van der Waals surface area contributed by atoms with Crippen LogP contribution in [0, 0.1) is 20.8 Å². The van der Waals surface area contributed by atoms with Crippen molar-refractivity contribution in [3.8, 4) is 50.6 Å². The van der Waals surface area contributed by atoms with Crippen molar-refractivity contribution >= 4 is 34.1 Å². The second kappa shape index (κ2) is 20.0. The Hall–Kier alpha value is -6.11. The summed E-state index contributed by atoms with van der Waals surface area (Å²) in [6.45, 7) is 11.9. The van der Waals surface area contributed by atoms with Crippen molar-refractivity contribution in [1.29, 1.82) is 0 Å². The van der Waals surface area contributed by atoms with Gasteiger partial charge in [-0.1, -0.05) is 62.4 Å². The monoisotopic (exact) mass is 844 g/mol. The minimum atomic E-state index is -4.75. The Labute approximate surface area is 340 Å². The molecule has 0 radical (unpaired) electrons. The van der Waals surface area contributed by atoms with Gasteiger partial charge >= 0.3 is 18.4 Å². The van der Waals surface area contributed by atoms with Gasteiger partial charge in [-0.15, -0.1) is 26.3 Å². The number of benzene rings is 4. The van der Waals surface area contributed by atoms with Crippen molar-refractivity contribution < 1.29 is 59.7 Å². The van der Waals surface area contributed by atoms with Gasteiger partial charge in [0, 0.05) is 11.6 Å². The molecule has 0 bridgehead atoms. The third-order valence-corrected chi connectivity index (χ3v) is 8.48. The van der Waals surface area contributed by atoms with Gasteiger partial charge in [0.05, 0.1) is 0 Å². The number of hydrogen-bond donors (Lipinski definition) is 1. The number of aromatic hydroxyl groups is 1. The van der Waals surface area contributed by atoms with Crippen LogP contribution in [-0.4, -0.2) is 34.8 Å². The molecule has 59 heavy (non-hydrogen) atoms.